The van der Waals surface area contributed by atoms with Crippen molar-refractivity contribution in [3.8, 4) is 0 Å². The molecule has 1 N–H and O–H groups in total. The third-order valence-corrected chi connectivity index (χ3v) is 2.97. The zero-order valence-corrected chi connectivity index (χ0v) is 12.8. The van der Waals surface area contributed by atoms with Gasteiger partial charge in [-0.15, -0.1) is 0 Å². The third-order valence-electron chi connectivity index (χ3n) is 2.97. The molecule has 2 aromatic heterocycles. The molecule has 0 aliphatic rings. The van der Waals surface area contributed by atoms with Crippen molar-refractivity contribution in [2.45, 2.75) is 46.0 Å². The second kappa shape index (κ2) is 6.03. The summed E-state index contributed by atoms with van der Waals surface area (Å²) in [5, 5.41) is 6.71. The Morgan fingerprint density at radius 1 is 1.38 bits per heavy atom. The van der Waals surface area contributed by atoms with Crippen LogP contribution < -0.4 is 5.32 Å². The molecular weight excluding hydrogens is 268 g/mol. The zero-order valence-electron chi connectivity index (χ0n) is 12.8. The molecule has 0 saturated carbocycles. The Kier molecular flexibility index (Phi) is 4.35. The molecule has 0 atom stereocenters. The molecule has 112 valence electrons. The predicted molar refractivity (Wildman–Crippen MR) is 78.9 cm³/mol. The lowest BCUT2D eigenvalue weighted by Gasteiger charge is -2.10. The van der Waals surface area contributed by atoms with Gasteiger partial charge >= 0.3 is 0 Å². The maximum atomic E-state index is 11.9. The number of hydrogen-bond acceptors (Lipinski definition) is 5. The Bertz CT molecular complexity index is 629. The Labute approximate surface area is 124 Å². The number of rotatable bonds is 4. The number of carbonyl (C=O) groups is 1. The summed E-state index contributed by atoms with van der Waals surface area (Å²) in [6.07, 6.45) is 2.35. The van der Waals surface area contributed by atoms with Crippen molar-refractivity contribution in [1.29, 1.82) is 0 Å². The average molecular weight is 288 g/mol. The number of aryl methyl sites for hydroxylation is 2. The highest BCUT2D eigenvalue weighted by Crippen LogP contribution is 2.18. The highest BCUT2D eigenvalue weighted by Gasteiger charge is 2.21. The van der Waals surface area contributed by atoms with Crippen molar-refractivity contribution in [3.05, 3.63) is 35.6 Å². The fourth-order valence-corrected chi connectivity index (χ4v) is 1.69. The molecule has 0 aromatic carbocycles. The first kappa shape index (κ1) is 15.2. The SMILES string of the molecule is Cc1cccnc1NC(=O)CCc1nc(C(C)(C)C)no1. The Hall–Kier alpha value is -2.24. The van der Waals surface area contributed by atoms with Gasteiger partial charge in [-0.25, -0.2) is 4.98 Å². The van der Waals surface area contributed by atoms with E-state index in [-0.39, 0.29) is 17.7 Å². The van der Waals surface area contributed by atoms with Gasteiger partial charge in [0, 0.05) is 24.5 Å². The monoisotopic (exact) mass is 288 g/mol. The quantitative estimate of drug-likeness (QED) is 0.935. The minimum absolute atomic E-state index is 0.118. The zero-order chi connectivity index (χ0) is 15.5. The van der Waals surface area contributed by atoms with E-state index >= 15 is 0 Å². The summed E-state index contributed by atoms with van der Waals surface area (Å²) in [4.78, 5) is 20.3. The number of pyridine rings is 1. The standard InChI is InChI=1S/C15H20N4O2/c1-10-6-5-9-16-13(10)17-11(20)7-8-12-18-14(19-21-12)15(2,3)4/h5-6,9H,7-8H2,1-4H3,(H,16,17,20). The smallest absolute Gasteiger partial charge is 0.227 e. The van der Waals surface area contributed by atoms with Crippen LogP contribution in [0.4, 0.5) is 5.82 Å². The number of anilines is 1. The lowest BCUT2D eigenvalue weighted by molar-refractivity contribution is -0.116. The molecule has 0 radical (unpaired) electrons. The van der Waals surface area contributed by atoms with E-state index in [1.54, 1.807) is 6.20 Å². The van der Waals surface area contributed by atoms with Gasteiger partial charge in [0.2, 0.25) is 11.8 Å². The summed E-state index contributed by atoms with van der Waals surface area (Å²) >= 11 is 0. The van der Waals surface area contributed by atoms with Gasteiger partial charge in [-0.1, -0.05) is 32.0 Å². The number of hydrogen-bond donors (Lipinski definition) is 1. The number of carbonyl (C=O) groups excluding carboxylic acids is 1. The molecule has 0 fully saturated rings. The van der Waals surface area contributed by atoms with Crippen LogP contribution in [0.1, 0.15) is 44.5 Å². The average Bonchev–Trinajstić information content (AvgIpc) is 2.88. The molecule has 2 aromatic rings. The maximum Gasteiger partial charge on any atom is 0.227 e. The van der Waals surface area contributed by atoms with Gasteiger partial charge in [0.05, 0.1) is 0 Å². The highest BCUT2D eigenvalue weighted by molar-refractivity contribution is 5.90. The third kappa shape index (κ3) is 4.11. The van der Waals surface area contributed by atoms with Crippen molar-refractivity contribution < 1.29 is 9.32 Å². The van der Waals surface area contributed by atoms with Gasteiger partial charge in [-0.2, -0.15) is 4.98 Å². The van der Waals surface area contributed by atoms with Crippen molar-refractivity contribution in [2.24, 2.45) is 0 Å². The molecule has 0 unspecified atom stereocenters. The maximum absolute atomic E-state index is 11.9. The Morgan fingerprint density at radius 3 is 2.76 bits per heavy atom. The van der Waals surface area contributed by atoms with Crippen LogP contribution in [0.25, 0.3) is 0 Å². The summed E-state index contributed by atoms with van der Waals surface area (Å²) in [6.45, 7) is 7.94. The van der Waals surface area contributed by atoms with Crippen LogP contribution in [-0.2, 0) is 16.6 Å². The molecule has 0 saturated heterocycles. The van der Waals surface area contributed by atoms with E-state index in [0.717, 1.165) is 5.56 Å². The van der Waals surface area contributed by atoms with E-state index in [9.17, 15) is 4.79 Å². The highest BCUT2D eigenvalue weighted by atomic mass is 16.5. The summed E-state index contributed by atoms with van der Waals surface area (Å²) < 4.78 is 5.16. The van der Waals surface area contributed by atoms with Crippen LogP contribution in [-0.4, -0.2) is 21.0 Å². The first-order chi connectivity index (χ1) is 9.86. The van der Waals surface area contributed by atoms with E-state index in [4.69, 9.17) is 4.52 Å². The first-order valence-corrected chi connectivity index (χ1v) is 6.91. The van der Waals surface area contributed by atoms with Crippen LogP contribution in [0.5, 0.6) is 0 Å². The predicted octanol–water partition coefficient (Wildman–Crippen LogP) is 2.64. The minimum Gasteiger partial charge on any atom is -0.339 e. The van der Waals surface area contributed by atoms with Gasteiger partial charge in [0.25, 0.3) is 0 Å². The molecule has 0 aliphatic heterocycles. The normalized spacial score (nSPS) is 11.4. The number of aromatic nitrogens is 3. The second-order valence-corrected chi connectivity index (χ2v) is 5.98. The molecule has 0 aliphatic carbocycles. The Balaban J connectivity index is 1.90. The lowest BCUT2D eigenvalue weighted by Crippen LogP contribution is -2.15. The molecule has 21 heavy (non-hydrogen) atoms. The molecule has 6 nitrogen and oxygen atoms in total. The molecule has 2 rings (SSSR count). The van der Waals surface area contributed by atoms with Gasteiger partial charge in [0.15, 0.2) is 5.82 Å². The first-order valence-electron chi connectivity index (χ1n) is 6.91. The summed E-state index contributed by atoms with van der Waals surface area (Å²) in [7, 11) is 0. The largest absolute Gasteiger partial charge is 0.339 e. The van der Waals surface area contributed by atoms with Gasteiger partial charge in [-0.05, 0) is 18.6 Å². The second-order valence-electron chi connectivity index (χ2n) is 5.98. The Morgan fingerprint density at radius 2 is 2.14 bits per heavy atom. The van der Waals surface area contributed by atoms with Crippen LogP contribution in [0, 0.1) is 6.92 Å². The molecule has 6 heteroatoms. The molecular formula is C15H20N4O2. The molecule has 0 bridgehead atoms. The van der Waals surface area contributed by atoms with Gasteiger partial charge in [0.1, 0.15) is 5.82 Å². The van der Waals surface area contributed by atoms with Gasteiger partial charge in [-0.3, -0.25) is 4.79 Å². The van der Waals surface area contributed by atoms with E-state index in [0.29, 0.717) is 24.0 Å². The lowest BCUT2D eigenvalue weighted by atomic mass is 9.96. The van der Waals surface area contributed by atoms with E-state index in [1.165, 1.54) is 0 Å². The summed E-state index contributed by atoms with van der Waals surface area (Å²) in [5.74, 6) is 1.60. The number of amides is 1. The van der Waals surface area contributed by atoms with Crippen LogP contribution in [0.15, 0.2) is 22.9 Å². The summed E-state index contributed by atoms with van der Waals surface area (Å²) in [5.41, 5.74) is 0.772. The van der Waals surface area contributed by atoms with Crippen LogP contribution >= 0.6 is 0 Å². The van der Waals surface area contributed by atoms with E-state index in [1.807, 2.05) is 39.8 Å². The molecule has 1 amide bonds. The fraction of sp³-hybridized carbons (Fsp3) is 0.467. The number of nitrogens with zero attached hydrogens (tertiary/aromatic N) is 3. The van der Waals surface area contributed by atoms with Crippen molar-refractivity contribution in [3.63, 3.8) is 0 Å². The molecule has 2 heterocycles. The van der Waals surface area contributed by atoms with E-state index in [2.05, 4.69) is 20.4 Å². The van der Waals surface area contributed by atoms with Crippen molar-refractivity contribution >= 4 is 11.7 Å². The van der Waals surface area contributed by atoms with Crippen molar-refractivity contribution in [2.75, 3.05) is 5.32 Å². The van der Waals surface area contributed by atoms with E-state index < -0.39 is 0 Å². The number of nitrogens with one attached hydrogen (secondary N) is 1. The van der Waals surface area contributed by atoms with Crippen LogP contribution in [0.3, 0.4) is 0 Å². The fourth-order valence-electron chi connectivity index (χ4n) is 1.69. The van der Waals surface area contributed by atoms with Crippen molar-refractivity contribution in [1.82, 2.24) is 15.1 Å². The molecule has 0 spiro atoms. The van der Waals surface area contributed by atoms with Gasteiger partial charge < -0.3 is 9.84 Å². The topological polar surface area (TPSA) is 80.9 Å². The van der Waals surface area contributed by atoms with Crippen LogP contribution in [0.2, 0.25) is 0 Å². The minimum atomic E-state index is -0.158. The summed E-state index contributed by atoms with van der Waals surface area (Å²) in [6, 6.07) is 3.73.